The normalized spacial score (nSPS) is 12.2. The van der Waals surface area contributed by atoms with Gasteiger partial charge in [-0.25, -0.2) is 4.39 Å². The van der Waals surface area contributed by atoms with Crippen molar-refractivity contribution in [3.63, 3.8) is 0 Å². The standard InChI is InChI=1S/C11H13BrFNO2/c1-2-8(6-15)14-11(16)7-3-4-10(13)9(12)5-7/h3-5,8,15H,2,6H2,1H3,(H,14,16)/t8-/m1/s1. The lowest BCUT2D eigenvalue weighted by molar-refractivity contribution is 0.0915. The van der Waals surface area contributed by atoms with Crippen LogP contribution in [0.2, 0.25) is 0 Å². The van der Waals surface area contributed by atoms with Gasteiger partial charge in [-0.05, 0) is 40.5 Å². The Bertz CT molecular complexity index is 380. The second-order valence-electron chi connectivity index (χ2n) is 3.39. The molecular formula is C11H13BrFNO2. The van der Waals surface area contributed by atoms with Gasteiger partial charge in [-0.2, -0.15) is 0 Å². The van der Waals surface area contributed by atoms with Crippen molar-refractivity contribution in [3.05, 3.63) is 34.1 Å². The molecule has 0 heterocycles. The van der Waals surface area contributed by atoms with E-state index in [1.165, 1.54) is 18.2 Å². The summed E-state index contributed by atoms with van der Waals surface area (Å²) in [5, 5.41) is 11.6. The zero-order chi connectivity index (χ0) is 12.1. The first kappa shape index (κ1) is 13.1. The molecule has 0 saturated carbocycles. The highest BCUT2D eigenvalue weighted by molar-refractivity contribution is 9.10. The number of nitrogens with one attached hydrogen (secondary N) is 1. The van der Waals surface area contributed by atoms with Gasteiger partial charge in [0.25, 0.3) is 5.91 Å². The number of hydrogen-bond donors (Lipinski definition) is 2. The summed E-state index contributed by atoms with van der Waals surface area (Å²) in [6.45, 7) is 1.76. The van der Waals surface area contributed by atoms with Crippen LogP contribution < -0.4 is 5.32 Å². The number of halogens is 2. The highest BCUT2D eigenvalue weighted by Gasteiger charge is 2.12. The van der Waals surface area contributed by atoms with Crippen molar-refractivity contribution in [2.45, 2.75) is 19.4 Å². The van der Waals surface area contributed by atoms with Crippen molar-refractivity contribution in [1.82, 2.24) is 5.32 Å². The molecule has 0 fully saturated rings. The molecular weight excluding hydrogens is 277 g/mol. The minimum Gasteiger partial charge on any atom is -0.394 e. The van der Waals surface area contributed by atoms with Crippen LogP contribution in [-0.4, -0.2) is 23.7 Å². The Morgan fingerprint density at radius 3 is 2.81 bits per heavy atom. The Balaban J connectivity index is 2.76. The fourth-order valence-electron chi connectivity index (χ4n) is 1.18. The Morgan fingerprint density at radius 1 is 1.62 bits per heavy atom. The minimum atomic E-state index is -0.411. The molecule has 0 saturated heterocycles. The molecule has 1 atom stereocenters. The summed E-state index contributed by atoms with van der Waals surface area (Å²) >= 11 is 3.01. The molecule has 0 aromatic heterocycles. The van der Waals surface area contributed by atoms with Gasteiger partial charge in [0.05, 0.1) is 17.1 Å². The Kier molecular flexibility index (Phi) is 4.89. The zero-order valence-corrected chi connectivity index (χ0v) is 10.4. The predicted molar refractivity (Wildman–Crippen MR) is 62.7 cm³/mol. The molecule has 16 heavy (non-hydrogen) atoms. The maximum atomic E-state index is 12.9. The van der Waals surface area contributed by atoms with E-state index in [0.717, 1.165) is 0 Å². The lowest BCUT2D eigenvalue weighted by Crippen LogP contribution is -2.36. The Hall–Kier alpha value is -0.940. The number of aliphatic hydroxyl groups excluding tert-OH is 1. The van der Waals surface area contributed by atoms with Gasteiger partial charge in [-0.3, -0.25) is 4.79 Å². The van der Waals surface area contributed by atoms with Gasteiger partial charge in [0, 0.05) is 5.56 Å². The Morgan fingerprint density at radius 2 is 2.31 bits per heavy atom. The van der Waals surface area contributed by atoms with Crippen molar-refractivity contribution in [1.29, 1.82) is 0 Å². The maximum absolute atomic E-state index is 12.9. The molecule has 0 unspecified atom stereocenters. The molecule has 1 aromatic rings. The molecule has 3 nitrogen and oxygen atoms in total. The molecule has 2 N–H and O–H groups in total. The highest BCUT2D eigenvalue weighted by atomic mass is 79.9. The molecule has 5 heteroatoms. The summed E-state index contributed by atoms with van der Waals surface area (Å²) in [5.41, 5.74) is 0.361. The van der Waals surface area contributed by atoms with E-state index >= 15 is 0 Å². The first-order valence-corrected chi connectivity index (χ1v) is 5.74. The van der Waals surface area contributed by atoms with E-state index < -0.39 is 5.82 Å². The van der Waals surface area contributed by atoms with Gasteiger partial charge in [0.15, 0.2) is 0 Å². The van der Waals surface area contributed by atoms with Crippen molar-refractivity contribution >= 4 is 21.8 Å². The molecule has 88 valence electrons. The fourth-order valence-corrected chi connectivity index (χ4v) is 1.56. The Labute approximate surface area is 102 Å². The van der Waals surface area contributed by atoms with Gasteiger partial charge in [-0.1, -0.05) is 6.92 Å². The fraction of sp³-hybridized carbons (Fsp3) is 0.364. The molecule has 0 aliphatic rings. The van der Waals surface area contributed by atoms with Crippen LogP contribution in [0.5, 0.6) is 0 Å². The van der Waals surface area contributed by atoms with Gasteiger partial charge < -0.3 is 10.4 Å². The number of carbonyl (C=O) groups is 1. The summed E-state index contributed by atoms with van der Waals surface area (Å²) in [4.78, 5) is 11.7. The third-order valence-corrected chi connectivity index (χ3v) is 2.84. The quantitative estimate of drug-likeness (QED) is 0.892. The first-order valence-electron chi connectivity index (χ1n) is 4.95. The molecule has 1 rings (SSSR count). The van der Waals surface area contributed by atoms with Gasteiger partial charge in [0.2, 0.25) is 0 Å². The van der Waals surface area contributed by atoms with E-state index in [0.29, 0.717) is 12.0 Å². The van der Waals surface area contributed by atoms with Crippen LogP contribution in [0.4, 0.5) is 4.39 Å². The van der Waals surface area contributed by atoms with E-state index in [2.05, 4.69) is 21.2 Å². The number of benzene rings is 1. The van der Waals surface area contributed by atoms with Crippen LogP contribution >= 0.6 is 15.9 Å². The van der Waals surface area contributed by atoms with E-state index in [9.17, 15) is 9.18 Å². The molecule has 0 aliphatic heterocycles. The summed E-state index contributed by atoms with van der Waals surface area (Å²) in [6.07, 6.45) is 0.643. The number of carbonyl (C=O) groups excluding carboxylic acids is 1. The predicted octanol–water partition coefficient (Wildman–Crippen LogP) is 2.09. The van der Waals surface area contributed by atoms with Crippen molar-refractivity contribution < 1.29 is 14.3 Å². The summed E-state index contributed by atoms with van der Waals surface area (Å²) in [6, 6.07) is 3.77. The van der Waals surface area contributed by atoms with E-state index in [1.54, 1.807) is 0 Å². The number of aliphatic hydroxyl groups is 1. The van der Waals surface area contributed by atoms with Crippen LogP contribution in [0.25, 0.3) is 0 Å². The van der Waals surface area contributed by atoms with E-state index in [1.807, 2.05) is 6.92 Å². The van der Waals surface area contributed by atoms with Crippen molar-refractivity contribution in [3.8, 4) is 0 Å². The number of rotatable bonds is 4. The maximum Gasteiger partial charge on any atom is 0.251 e. The third-order valence-electron chi connectivity index (χ3n) is 2.23. The van der Waals surface area contributed by atoms with Crippen molar-refractivity contribution in [2.75, 3.05) is 6.61 Å². The second kappa shape index (κ2) is 5.96. The SMILES string of the molecule is CC[C@H](CO)NC(=O)c1ccc(F)c(Br)c1. The third kappa shape index (κ3) is 3.28. The highest BCUT2D eigenvalue weighted by Crippen LogP contribution is 2.16. The number of amides is 1. The van der Waals surface area contributed by atoms with Crippen LogP contribution in [0.3, 0.4) is 0 Å². The van der Waals surface area contributed by atoms with E-state index in [4.69, 9.17) is 5.11 Å². The molecule has 0 bridgehead atoms. The summed E-state index contributed by atoms with van der Waals surface area (Å²) in [7, 11) is 0. The van der Waals surface area contributed by atoms with Gasteiger partial charge in [0.1, 0.15) is 5.82 Å². The smallest absolute Gasteiger partial charge is 0.251 e. The summed E-state index contributed by atoms with van der Waals surface area (Å²) < 4.78 is 13.2. The van der Waals surface area contributed by atoms with Gasteiger partial charge in [-0.15, -0.1) is 0 Å². The topological polar surface area (TPSA) is 49.3 Å². The number of hydrogen-bond acceptors (Lipinski definition) is 2. The minimum absolute atomic E-state index is 0.107. The molecule has 1 aromatic carbocycles. The first-order chi connectivity index (χ1) is 7.58. The second-order valence-corrected chi connectivity index (χ2v) is 4.24. The largest absolute Gasteiger partial charge is 0.394 e. The van der Waals surface area contributed by atoms with E-state index in [-0.39, 0.29) is 23.0 Å². The van der Waals surface area contributed by atoms with Crippen LogP contribution in [-0.2, 0) is 0 Å². The molecule has 0 spiro atoms. The van der Waals surface area contributed by atoms with Crippen LogP contribution in [0, 0.1) is 5.82 Å². The van der Waals surface area contributed by atoms with Crippen LogP contribution in [0.15, 0.2) is 22.7 Å². The average molecular weight is 290 g/mol. The lowest BCUT2D eigenvalue weighted by atomic mass is 10.2. The molecule has 0 aliphatic carbocycles. The zero-order valence-electron chi connectivity index (χ0n) is 8.84. The molecule has 1 amide bonds. The average Bonchev–Trinajstić information content (AvgIpc) is 2.29. The van der Waals surface area contributed by atoms with Crippen molar-refractivity contribution in [2.24, 2.45) is 0 Å². The van der Waals surface area contributed by atoms with Gasteiger partial charge >= 0.3 is 0 Å². The summed E-state index contributed by atoms with van der Waals surface area (Å²) in [5.74, 6) is -0.729. The van der Waals surface area contributed by atoms with Crippen LogP contribution in [0.1, 0.15) is 23.7 Å². The lowest BCUT2D eigenvalue weighted by Gasteiger charge is -2.14. The monoisotopic (exact) mass is 289 g/mol. The molecule has 0 radical (unpaired) electrons.